The number of ether oxygens (including phenoxy) is 1. The highest BCUT2D eigenvalue weighted by molar-refractivity contribution is 7.08. The third-order valence-electron chi connectivity index (χ3n) is 3.76. The van der Waals surface area contributed by atoms with Crippen LogP contribution >= 0.6 is 11.3 Å². The number of rotatable bonds is 5. The van der Waals surface area contributed by atoms with Gasteiger partial charge in [0.1, 0.15) is 5.82 Å². The van der Waals surface area contributed by atoms with Gasteiger partial charge in [0.2, 0.25) is 0 Å². The highest BCUT2D eigenvalue weighted by atomic mass is 32.1. The van der Waals surface area contributed by atoms with Crippen molar-refractivity contribution in [1.29, 1.82) is 0 Å². The van der Waals surface area contributed by atoms with E-state index in [-0.39, 0.29) is 11.5 Å². The van der Waals surface area contributed by atoms with Crippen molar-refractivity contribution in [1.82, 2.24) is 19.8 Å². The first-order valence-electron chi connectivity index (χ1n) is 7.51. The van der Waals surface area contributed by atoms with Crippen LogP contribution in [0.3, 0.4) is 0 Å². The van der Waals surface area contributed by atoms with E-state index in [1.165, 1.54) is 0 Å². The van der Waals surface area contributed by atoms with Crippen LogP contribution in [-0.4, -0.2) is 39.6 Å². The van der Waals surface area contributed by atoms with Gasteiger partial charge in [-0.25, -0.2) is 0 Å². The number of fused-ring (bicyclic) bond motifs is 1. The van der Waals surface area contributed by atoms with Gasteiger partial charge < -0.3 is 10.1 Å². The van der Waals surface area contributed by atoms with Gasteiger partial charge in [-0.15, -0.1) is 15.3 Å². The lowest BCUT2D eigenvalue weighted by Crippen LogP contribution is -2.35. The third-order valence-corrected chi connectivity index (χ3v) is 4.44. The molecular weight excluding hydrogens is 310 g/mol. The molecule has 3 aromatic heterocycles. The number of hydrogen-bond acceptors (Lipinski definition) is 6. The SMILES string of the molecule is COC(CNc1ccc2nnc(-c3ccsc3)n2n1)C(C)(C)C. The Bertz CT molecular complexity index is 775. The molecule has 0 saturated heterocycles. The fourth-order valence-corrected chi connectivity index (χ4v) is 3.03. The Morgan fingerprint density at radius 1 is 1.26 bits per heavy atom. The van der Waals surface area contributed by atoms with E-state index in [1.807, 2.05) is 29.0 Å². The van der Waals surface area contributed by atoms with Crippen LogP contribution in [0, 0.1) is 5.41 Å². The average molecular weight is 331 g/mol. The van der Waals surface area contributed by atoms with Crippen molar-refractivity contribution in [3.8, 4) is 11.4 Å². The zero-order valence-electron chi connectivity index (χ0n) is 13.8. The number of thiophene rings is 1. The molecule has 0 aliphatic rings. The van der Waals surface area contributed by atoms with Gasteiger partial charge in [0.15, 0.2) is 11.5 Å². The van der Waals surface area contributed by atoms with Crippen molar-refractivity contribution in [3.63, 3.8) is 0 Å². The molecule has 0 amide bonds. The lowest BCUT2D eigenvalue weighted by Gasteiger charge is -2.29. The van der Waals surface area contributed by atoms with Crippen LogP contribution in [-0.2, 0) is 4.74 Å². The molecule has 0 bridgehead atoms. The summed E-state index contributed by atoms with van der Waals surface area (Å²) in [5, 5.41) is 20.4. The monoisotopic (exact) mass is 331 g/mol. The molecule has 0 spiro atoms. The molecule has 3 heterocycles. The van der Waals surface area contributed by atoms with E-state index in [0.717, 1.165) is 22.9 Å². The Kier molecular flexibility index (Phi) is 4.32. The summed E-state index contributed by atoms with van der Waals surface area (Å²) >= 11 is 1.63. The van der Waals surface area contributed by atoms with Crippen LogP contribution in [0.5, 0.6) is 0 Å². The zero-order valence-corrected chi connectivity index (χ0v) is 14.6. The van der Waals surface area contributed by atoms with Gasteiger partial charge in [-0.05, 0) is 29.0 Å². The minimum atomic E-state index is 0.0598. The molecule has 122 valence electrons. The van der Waals surface area contributed by atoms with Gasteiger partial charge in [-0.3, -0.25) is 0 Å². The molecule has 23 heavy (non-hydrogen) atoms. The highest BCUT2D eigenvalue weighted by Gasteiger charge is 2.24. The largest absolute Gasteiger partial charge is 0.379 e. The Morgan fingerprint density at radius 2 is 2.09 bits per heavy atom. The fourth-order valence-electron chi connectivity index (χ4n) is 2.40. The summed E-state index contributed by atoms with van der Waals surface area (Å²) in [6.07, 6.45) is 0.0947. The summed E-state index contributed by atoms with van der Waals surface area (Å²) in [5.41, 5.74) is 1.82. The van der Waals surface area contributed by atoms with Gasteiger partial charge in [-0.2, -0.15) is 15.9 Å². The summed E-state index contributed by atoms with van der Waals surface area (Å²) < 4.78 is 7.34. The first-order valence-corrected chi connectivity index (χ1v) is 8.45. The maximum Gasteiger partial charge on any atom is 0.186 e. The van der Waals surface area contributed by atoms with Crippen molar-refractivity contribution in [2.24, 2.45) is 5.41 Å². The van der Waals surface area contributed by atoms with E-state index in [9.17, 15) is 0 Å². The van der Waals surface area contributed by atoms with Gasteiger partial charge in [0.05, 0.1) is 6.10 Å². The number of hydrogen-bond donors (Lipinski definition) is 1. The number of nitrogens with zero attached hydrogens (tertiary/aromatic N) is 4. The Labute approximate surface area is 139 Å². The first kappa shape index (κ1) is 15.9. The molecule has 0 fully saturated rings. The third kappa shape index (κ3) is 3.35. The van der Waals surface area contributed by atoms with Crippen molar-refractivity contribution < 1.29 is 4.74 Å². The molecule has 7 heteroatoms. The van der Waals surface area contributed by atoms with Crippen molar-refractivity contribution in [2.75, 3.05) is 19.0 Å². The van der Waals surface area contributed by atoms with Crippen LogP contribution in [0.25, 0.3) is 17.0 Å². The van der Waals surface area contributed by atoms with Gasteiger partial charge >= 0.3 is 0 Å². The van der Waals surface area contributed by atoms with Gasteiger partial charge in [-0.1, -0.05) is 20.8 Å². The summed E-state index contributed by atoms with van der Waals surface area (Å²) in [7, 11) is 1.74. The van der Waals surface area contributed by atoms with Crippen LogP contribution in [0.4, 0.5) is 5.82 Å². The van der Waals surface area contributed by atoms with Gasteiger partial charge in [0.25, 0.3) is 0 Å². The number of anilines is 1. The van der Waals surface area contributed by atoms with Crippen LogP contribution < -0.4 is 5.32 Å². The van der Waals surface area contributed by atoms with Crippen LogP contribution in [0.2, 0.25) is 0 Å². The van der Waals surface area contributed by atoms with Crippen LogP contribution in [0.15, 0.2) is 29.0 Å². The first-order chi connectivity index (χ1) is 11.0. The molecule has 0 aliphatic carbocycles. The topological polar surface area (TPSA) is 64.3 Å². The predicted octanol–water partition coefficient (Wildman–Crippen LogP) is 3.33. The van der Waals surface area contributed by atoms with E-state index < -0.39 is 0 Å². The number of aromatic nitrogens is 4. The summed E-state index contributed by atoms with van der Waals surface area (Å²) in [6, 6.07) is 5.84. The Hall–Kier alpha value is -1.99. The molecule has 3 aromatic rings. The summed E-state index contributed by atoms with van der Waals surface area (Å²) in [4.78, 5) is 0. The second-order valence-electron chi connectivity index (χ2n) is 6.50. The van der Waals surface area contributed by atoms with Gasteiger partial charge in [0, 0.05) is 24.6 Å². The molecule has 0 saturated carbocycles. The van der Waals surface area contributed by atoms with Crippen LogP contribution in [0.1, 0.15) is 20.8 Å². The molecule has 1 atom stereocenters. The normalized spacial score (nSPS) is 13.4. The fraction of sp³-hybridized carbons (Fsp3) is 0.438. The molecule has 3 rings (SSSR count). The minimum absolute atomic E-state index is 0.0598. The standard InChI is InChI=1S/C16H21N5OS/c1-16(2,3)12(22-4)9-17-13-5-6-14-18-19-15(21(14)20-13)11-7-8-23-10-11/h5-8,10,12H,9H2,1-4H3,(H,17,20). The molecule has 0 aromatic carbocycles. The summed E-state index contributed by atoms with van der Waals surface area (Å²) in [6.45, 7) is 7.17. The number of nitrogens with one attached hydrogen (secondary N) is 1. The van der Waals surface area contributed by atoms with Crippen molar-refractivity contribution in [2.45, 2.75) is 26.9 Å². The van der Waals surface area contributed by atoms with E-state index in [0.29, 0.717) is 6.54 Å². The minimum Gasteiger partial charge on any atom is -0.379 e. The quantitative estimate of drug-likeness (QED) is 0.777. The molecule has 0 aliphatic heterocycles. The maximum atomic E-state index is 5.57. The Balaban J connectivity index is 1.84. The van der Waals surface area contributed by atoms with Crippen molar-refractivity contribution >= 4 is 22.8 Å². The molecule has 0 radical (unpaired) electrons. The smallest absolute Gasteiger partial charge is 0.186 e. The Morgan fingerprint density at radius 3 is 2.74 bits per heavy atom. The van der Waals surface area contributed by atoms with E-state index in [4.69, 9.17) is 4.74 Å². The van der Waals surface area contributed by atoms with E-state index in [1.54, 1.807) is 23.0 Å². The lowest BCUT2D eigenvalue weighted by atomic mass is 9.89. The van der Waals surface area contributed by atoms with E-state index in [2.05, 4.69) is 41.4 Å². The average Bonchev–Trinajstić information content (AvgIpc) is 3.14. The summed E-state index contributed by atoms with van der Waals surface area (Å²) in [5.74, 6) is 1.53. The second kappa shape index (κ2) is 6.25. The molecule has 1 N–H and O–H groups in total. The second-order valence-corrected chi connectivity index (χ2v) is 7.28. The number of methoxy groups -OCH3 is 1. The maximum absolute atomic E-state index is 5.57. The molecule has 1 unspecified atom stereocenters. The van der Waals surface area contributed by atoms with E-state index >= 15 is 0 Å². The zero-order chi connectivity index (χ0) is 16.4. The lowest BCUT2D eigenvalue weighted by molar-refractivity contribution is 0.0268. The predicted molar refractivity (Wildman–Crippen MR) is 92.8 cm³/mol. The van der Waals surface area contributed by atoms with Crippen molar-refractivity contribution in [3.05, 3.63) is 29.0 Å². The highest BCUT2D eigenvalue weighted by Crippen LogP contribution is 2.23. The molecule has 6 nitrogen and oxygen atoms in total. The molecular formula is C16H21N5OS.